The highest BCUT2D eigenvalue weighted by Gasteiger charge is 2.17. The van der Waals surface area contributed by atoms with Crippen LogP contribution >= 0.6 is 23.2 Å². The van der Waals surface area contributed by atoms with Crippen LogP contribution in [0.1, 0.15) is 44.3 Å². The molecule has 4 aromatic rings. The van der Waals surface area contributed by atoms with Gasteiger partial charge >= 0.3 is 0 Å². The number of benzene rings is 2. The standard InChI is InChI=1S/C25H25Cl2N5O/c1-15-12-16(2)31(29-15)13-19-8-10-20(11-9-19)25(33)28-24-17(3)30-32(18(24)4)14-21-22(26)6-5-7-23(21)27/h5-12H,13-14H2,1-4H3,(H,28,33). The number of aromatic nitrogens is 4. The lowest BCUT2D eigenvalue weighted by molar-refractivity contribution is 0.102. The van der Waals surface area contributed by atoms with Crippen LogP contribution in [0.5, 0.6) is 0 Å². The normalized spacial score (nSPS) is 11.1. The van der Waals surface area contributed by atoms with Gasteiger partial charge in [-0.05, 0) is 63.6 Å². The molecule has 33 heavy (non-hydrogen) atoms. The van der Waals surface area contributed by atoms with Crippen molar-refractivity contribution in [2.24, 2.45) is 0 Å². The van der Waals surface area contributed by atoms with E-state index in [1.165, 1.54) is 0 Å². The van der Waals surface area contributed by atoms with Crippen LogP contribution in [0.3, 0.4) is 0 Å². The molecule has 0 aliphatic carbocycles. The van der Waals surface area contributed by atoms with Gasteiger partial charge in [-0.25, -0.2) is 0 Å². The minimum atomic E-state index is -0.186. The second-order valence-corrected chi connectivity index (χ2v) is 8.95. The first-order chi connectivity index (χ1) is 15.7. The van der Waals surface area contributed by atoms with Gasteiger partial charge in [-0.1, -0.05) is 41.4 Å². The Hall–Kier alpha value is -3.09. The van der Waals surface area contributed by atoms with E-state index in [0.717, 1.165) is 33.9 Å². The summed E-state index contributed by atoms with van der Waals surface area (Å²) in [6, 6.07) is 15.0. The first kappa shape index (κ1) is 23.1. The Morgan fingerprint density at radius 1 is 0.909 bits per heavy atom. The van der Waals surface area contributed by atoms with Crippen molar-refractivity contribution in [2.75, 3.05) is 5.32 Å². The minimum Gasteiger partial charge on any atom is -0.319 e. The van der Waals surface area contributed by atoms with Crippen LogP contribution < -0.4 is 5.32 Å². The zero-order valence-electron chi connectivity index (χ0n) is 19.0. The van der Waals surface area contributed by atoms with E-state index in [9.17, 15) is 4.79 Å². The van der Waals surface area contributed by atoms with Crippen molar-refractivity contribution in [3.63, 3.8) is 0 Å². The van der Waals surface area contributed by atoms with Crippen LogP contribution in [0, 0.1) is 27.7 Å². The molecule has 4 rings (SSSR count). The Balaban J connectivity index is 1.49. The summed E-state index contributed by atoms with van der Waals surface area (Å²) in [7, 11) is 0. The summed E-state index contributed by atoms with van der Waals surface area (Å²) in [5.41, 5.74) is 6.80. The summed E-state index contributed by atoms with van der Waals surface area (Å²) in [4.78, 5) is 12.9. The molecule has 1 N–H and O–H groups in total. The number of aryl methyl sites for hydroxylation is 3. The summed E-state index contributed by atoms with van der Waals surface area (Å²) >= 11 is 12.6. The fourth-order valence-electron chi connectivity index (χ4n) is 3.82. The van der Waals surface area contributed by atoms with E-state index in [0.29, 0.717) is 34.4 Å². The fraction of sp³-hybridized carbons (Fsp3) is 0.240. The predicted molar refractivity (Wildman–Crippen MR) is 132 cm³/mol. The summed E-state index contributed by atoms with van der Waals surface area (Å²) in [6.07, 6.45) is 0. The van der Waals surface area contributed by atoms with Crippen LogP contribution in [0.25, 0.3) is 0 Å². The van der Waals surface area contributed by atoms with E-state index >= 15 is 0 Å². The lowest BCUT2D eigenvalue weighted by atomic mass is 10.1. The molecule has 2 aromatic heterocycles. The Bertz CT molecular complexity index is 1300. The lowest BCUT2D eigenvalue weighted by Crippen LogP contribution is -2.14. The second kappa shape index (κ2) is 9.41. The van der Waals surface area contributed by atoms with Gasteiger partial charge in [0.1, 0.15) is 0 Å². The number of carbonyl (C=O) groups excluding carboxylic acids is 1. The third-order valence-electron chi connectivity index (χ3n) is 5.64. The molecule has 8 heteroatoms. The van der Waals surface area contributed by atoms with Crippen molar-refractivity contribution in [1.82, 2.24) is 19.6 Å². The molecular formula is C25H25Cl2N5O. The third-order valence-corrected chi connectivity index (χ3v) is 6.35. The number of halogens is 2. The number of carbonyl (C=O) groups is 1. The molecule has 0 fully saturated rings. The average Bonchev–Trinajstić information content (AvgIpc) is 3.23. The van der Waals surface area contributed by atoms with Crippen molar-refractivity contribution in [3.05, 3.63) is 98.0 Å². The molecule has 0 aliphatic rings. The quantitative estimate of drug-likeness (QED) is 0.368. The molecule has 2 heterocycles. The Labute approximate surface area is 203 Å². The molecule has 2 aromatic carbocycles. The maximum absolute atomic E-state index is 12.9. The number of nitrogens with one attached hydrogen (secondary N) is 1. The molecule has 0 unspecified atom stereocenters. The summed E-state index contributed by atoms with van der Waals surface area (Å²) in [6.45, 7) is 8.88. The van der Waals surface area contributed by atoms with E-state index in [4.69, 9.17) is 23.2 Å². The number of hydrogen-bond acceptors (Lipinski definition) is 3. The SMILES string of the molecule is Cc1cc(C)n(Cc2ccc(C(=O)Nc3c(C)nn(Cc4c(Cl)cccc4Cl)c3C)cc2)n1. The Kier molecular flexibility index (Phi) is 6.58. The Morgan fingerprint density at radius 3 is 2.18 bits per heavy atom. The number of rotatable bonds is 6. The van der Waals surface area contributed by atoms with Crippen molar-refractivity contribution < 1.29 is 4.79 Å². The van der Waals surface area contributed by atoms with E-state index in [1.807, 2.05) is 68.8 Å². The lowest BCUT2D eigenvalue weighted by Gasteiger charge is -2.10. The van der Waals surface area contributed by atoms with Crippen LogP contribution in [0.4, 0.5) is 5.69 Å². The first-order valence-corrected chi connectivity index (χ1v) is 11.4. The number of nitrogens with zero attached hydrogens (tertiary/aromatic N) is 4. The molecule has 6 nitrogen and oxygen atoms in total. The average molecular weight is 482 g/mol. The van der Waals surface area contributed by atoms with Crippen LogP contribution in [-0.4, -0.2) is 25.5 Å². The molecule has 0 bridgehead atoms. The van der Waals surface area contributed by atoms with Gasteiger partial charge in [0.05, 0.1) is 35.9 Å². The minimum absolute atomic E-state index is 0.186. The third kappa shape index (κ3) is 4.97. The molecular weight excluding hydrogens is 457 g/mol. The summed E-state index contributed by atoms with van der Waals surface area (Å²) in [5.74, 6) is -0.186. The zero-order valence-corrected chi connectivity index (χ0v) is 20.5. The highest BCUT2D eigenvalue weighted by atomic mass is 35.5. The number of amides is 1. The topological polar surface area (TPSA) is 64.7 Å². The molecule has 0 saturated carbocycles. The van der Waals surface area contributed by atoms with Crippen molar-refractivity contribution in [1.29, 1.82) is 0 Å². The molecule has 0 aliphatic heterocycles. The van der Waals surface area contributed by atoms with Crippen LogP contribution in [-0.2, 0) is 13.1 Å². The molecule has 0 saturated heterocycles. The van der Waals surface area contributed by atoms with E-state index in [-0.39, 0.29) is 5.91 Å². The van der Waals surface area contributed by atoms with Crippen LogP contribution in [0.15, 0.2) is 48.5 Å². The van der Waals surface area contributed by atoms with Gasteiger partial charge in [-0.3, -0.25) is 14.2 Å². The molecule has 1 amide bonds. The summed E-state index contributed by atoms with van der Waals surface area (Å²) < 4.78 is 3.76. The first-order valence-electron chi connectivity index (χ1n) is 10.6. The van der Waals surface area contributed by atoms with Crippen molar-refractivity contribution in [3.8, 4) is 0 Å². The monoisotopic (exact) mass is 481 g/mol. The Morgan fingerprint density at radius 2 is 1.58 bits per heavy atom. The molecule has 0 atom stereocenters. The molecule has 0 radical (unpaired) electrons. The fourth-order valence-corrected chi connectivity index (χ4v) is 4.34. The van der Waals surface area contributed by atoms with Gasteiger partial charge in [0.2, 0.25) is 0 Å². The largest absolute Gasteiger partial charge is 0.319 e. The maximum Gasteiger partial charge on any atom is 0.255 e. The number of anilines is 1. The van der Waals surface area contributed by atoms with Gasteiger partial charge in [0.25, 0.3) is 5.91 Å². The zero-order chi connectivity index (χ0) is 23.7. The van der Waals surface area contributed by atoms with Gasteiger partial charge in [-0.2, -0.15) is 10.2 Å². The summed E-state index contributed by atoms with van der Waals surface area (Å²) in [5, 5.41) is 13.2. The van der Waals surface area contributed by atoms with Gasteiger partial charge < -0.3 is 5.32 Å². The second-order valence-electron chi connectivity index (χ2n) is 8.14. The highest BCUT2D eigenvalue weighted by molar-refractivity contribution is 6.36. The molecule has 0 spiro atoms. The predicted octanol–water partition coefficient (Wildman–Crippen LogP) is 5.97. The van der Waals surface area contributed by atoms with Crippen molar-refractivity contribution in [2.45, 2.75) is 40.8 Å². The highest BCUT2D eigenvalue weighted by Crippen LogP contribution is 2.27. The van der Waals surface area contributed by atoms with Crippen LogP contribution in [0.2, 0.25) is 10.0 Å². The smallest absolute Gasteiger partial charge is 0.255 e. The van der Waals surface area contributed by atoms with Gasteiger partial charge in [-0.15, -0.1) is 0 Å². The van der Waals surface area contributed by atoms with Gasteiger partial charge in [0, 0.05) is 26.9 Å². The van der Waals surface area contributed by atoms with Crippen molar-refractivity contribution >= 4 is 34.8 Å². The van der Waals surface area contributed by atoms with Gasteiger partial charge in [0.15, 0.2) is 0 Å². The van der Waals surface area contributed by atoms with E-state index in [1.54, 1.807) is 16.8 Å². The van der Waals surface area contributed by atoms with E-state index < -0.39 is 0 Å². The number of hydrogen-bond donors (Lipinski definition) is 1. The maximum atomic E-state index is 12.9. The van der Waals surface area contributed by atoms with E-state index in [2.05, 4.69) is 15.5 Å². The molecule has 170 valence electrons.